The highest BCUT2D eigenvalue weighted by atomic mass is 32.2. The molecule has 1 unspecified atom stereocenters. The van der Waals surface area contributed by atoms with E-state index in [-0.39, 0.29) is 0 Å². The summed E-state index contributed by atoms with van der Waals surface area (Å²) in [6, 6.07) is 7.76. The minimum atomic E-state index is -0.883. The van der Waals surface area contributed by atoms with E-state index >= 15 is 0 Å². The summed E-state index contributed by atoms with van der Waals surface area (Å²) in [5.74, 6) is 0. The molecule has 1 heterocycles. The lowest BCUT2D eigenvalue weighted by molar-refractivity contribution is 0.601. The third kappa shape index (κ3) is 1.21. The van der Waals surface area contributed by atoms with Gasteiger partial charge in [-0.2, -0.15) is 0 Å². The van der Waals surface area contributed by atoms with E-state index in [9.17, 15) is 4.55 Å². The van der Waals surface area contributed by atoms with Gasteiger partial charge in [0.05, 0.1) is 0 Å². The van der Waals surface area contributed by atoms with Gasteiger partial charge in [-0.15, -0.1) is 0 Å². The van der Waals surface area contributed by atoms with Crippen molar-refractivity contribution in [3.05, 3.63) is 30.5 Å². The summed E-state index contributed by atoms with van der Waals surface area (Å²) in [6.45, 7) is 0. The van der Waals surface area contributed by atoms with E-state index in [1.165, 1.54) is 0 Å². The molecule has 0 radical (unpaired) electrons. The van der Waals surface area contributed by atoms with Crippen LogP contribution in [0.2, 0.25) is 0 Å². The molecule has 62 valence electrons. The van der Waals surface area contributed by atoms with Gasteiger partial charge in [0.25, 0.3) is 0 Å². The zero-order chi connectivity index (χ0) is 8.55. The first-order valence-electron chi connectivity index (χ1n) is 3.68. The summed E-state index contributed by atoms with van der Waals surface area (Å²) >= 11 is -0.883. The number of benzene rings is 1. The lowest BCUT2D eigenvalue weighted by Crippen LogP contribution is -1.95. The molecule has 0 saturated heterocycles. The minimum absolute atomic E-state index is 0.877. The van der Waals surface area contributed by atoms with Gasteiger partial charge in [-0.05, 0) is 29.4 Å². The van der Waals surface area contributed by atoms with Gasteiger partial charge < -0.3 is 9.54 Å². The Hall–Kier alpha value is -0.930. The van der Waals surface area contributed by atoms with Crippen LogP contribution >= 0.6 is 0 Å². The van der Waals surface area contributed by atoms with Crippen LogP contribution in [0.15, 0.2) is 35.4 Å². The maximum absolute atomic E-state index is 11.1. The van der Waals surface area contributed by atoms with Crippen LogP contribution in [0, 0.1) is 0 Å². The Balaban J connectivity index is 2.60. The fraction of sp³-hybridized carbons (Fsp3) is 0.111. The molecule has 0 bridgehead atoms. The van der Waals surface area contributed by atoms with Gasteiger partial charge in [0.1, 0.15) is 6.26 Å². The first-order chi connectivity index (χ1) is 5.77. The first-order valence-corrected chi connectivity index (χ1v) is 5.24. The number of rotatable bonds is 1. The highest BCUT2D eigenvalue weighted by molar-refractivity contribution is 7.90. The number of hydrogen-bond acceptors (Lipinski definition) is 1. The van der Waals surface area contributed by atoms with Gasteiger partial charge in [-0.25, -0.2) is 0 Å². The smallest absolute Gasteiger partial charge is 0.153 e. The molecule has 0 spiro atoms. The van der Waals surface area contributed by atoms with Gasteiger partial charge >= 0.3 is 0 Å². The Morgan fingerprint density at radius 3 is 2.92 bits per heavy atom. The standard InChI is InChI=1S/C9H9NOS/c1-12(11)8-2-3-9-7(6-8)4-5-10-9/h2-6,10H,1H3. The van der Waals surface area contributed by atoms with Crippen LogP contribution in [0.5, 0.6) is 0 Å². The van der Waals surface area contributed by atoms with Crippen molar-refractivity contribution in [2.75, 3.05) is 6.26 Å². The van der Waals surface area contributed by atoms with E-state index in [4.69, 9.17) is 0 Å². The molecule has 1 N–H and O–H groups in total. The highest BCUT2D eigenvalue weighted by Gasteiger charge is 2.04. The van der Waals surface area contributed by atoms with Crippen LogP contribution in [0.4, 0.5) is 0 Å². The van der Waals surface area contributed by atoms with Gasteiger partial charge in [-0.1, -0.05) is 0 Å². The summed E-state index contributed by atoms with van der Waals surface area (Å²) in [5, 5.41) is 1.11. The molecule has 1 aromatic heterocycles. The van der Waals surface area contributed by atoms with E-state index < -0.39 is 11.2 Å². The summed E-state index contributed by atoms with van der Waals surface area (Å²) in [7, 11) is 0. The maximum Gasteiger partial charge on any atom is 0.153 e. The molecule has 1 aromatic carbocycles. The fourth-order valence-electron chi connectivity index (χ4n) is 1.21. The molecule has 12 heavy (non-hydrogen) atoms. The molecular weight excluding hydrogens is 170 g/mol. The molecule has 0 saturated carbocycles. The summed E-state index contributed by atoms with van der Waals surface area (Å²) in [5.41, 5.74) is 1.09. The van der Waals surface area contributed by atoms with Gasteiger partial charge in [0.15, 0.2) is 4.90 Å². The Morgan fingerprint density at radius 2 is 2.17 bits per heavy atom. The average Bonchev–Trinajstić information content (AvgIpc) is 2.49. The van der Waals surface area contributed by atoms with Crippen LogP contribution in [0.25, 0.3) is 10.9 Å². The van der Waals surface area contributed by atoms with Crippen molar-refractivity contribution in [2.45, 2.75) is 4.90 Å². The molecule has 2 nitrogen and oxygen atoms in total. The Morgan fingerprint density at radius 1 is 1.33 bits per heavy atom. The van der Waals surface area contributed by atoms with E-state index in [0.717, 1.165) is 15.8 Å². The van der Waals surface area contributed by atoms with Gasteiger partial charge in [0.2, 0.25) is 0 Å². The largest absolute Gasteiger partial charge is 0.612 e. The fourth-order valence-corrected chi connectivity index (χ4v) is 1.76. The van der Waals surface area contributed by atoms with Crippen molar-refractivity contribution in [3.8, 4) is 0 Å². The van der Waals surface area contributed by atoms with Gasteiger partial charge in [0, 0.05) is 23.2 Å². The second-order valence-electron chi connectivity index (χ2n) is 2.68. The van der Waals surface area contributed by atoms with Crippen LogP contribution in [0.3, 0.4) is 0 Å². The molecule has 0 fully saturated rings. The molecule has 0 aliphatic rings. The van der Waals surface area contributed by atoms with Crippen molar-refractivity contribution >= 4 is 22.1 Å². The predicted molar refractivity (Wildman–Crippen MR) is 50.6 cm³/mol. The van der Waals surface area contributed by atoms with E-state index in [1.54, 1.807) is 6.26 Å². The van der Waals surface area contributed by atoms with Crippen molar-refractivity contribution in [1.29, 1.82) is 0 Å². The van der Waals surface area contributed by atoms with Crippen molar-refractivity contribution in [1.82, 2.24) is 4.98 Å². The zero-order valence-corrected chi connectivity index (χ0v) is 7.52. The van der Waals surface area contributed by atoms with E-state index in [0.29, 0.717) is 0 Å². The molecule has 3 heteroatoms. The Bertz CT molecular complexity index is 394. The SMILES string of the molecule is C[S+]([O-])c1ccc2[nH]ccc2c1. The highest BCUT2D eigenvalue weighted by Crippen LogP contribution is 2.17. The normalized spacial score (nSPS) is 13.5. The topological polar surface area (TPSA) is 38.8 Å². The summed E-state index contributed by atoms with van der Waals surface area (Å²) in [4.78, 5) is 3.96. The molecule has 0 aliphatic heterocycles. The summed E-state index contributed by atoms with van der Waals surface area (Å²) < 4.78 is 11.1. The van der Waals surface area contributed by atoms with Crippen molar-refractivity contribution < 1.29 is 4.55 Å². The van der Waals surface area contributed by atoms with Gasteiger partial charge in [-0.3, -0.25) is 0 Å². The molecule has 0 amide bonds. The monoisotopic (exact) mass is 179 g/mol. The lowest BCUT2D eigenvalue weighted by atomic mass is 10.2. The second-order valence-corrected chi connectivity index (χ2v) is 4.06. The third-order valence-corrected chi connectivity index (χ3v) is 2.77. The second kappa shape index (κ2) is 2.84. The average molecular weight is 179 g/mol. The van der Waals surface area contributed by atoms with E-state index in [2.05, 4.69) is 4.98 Å². The molecule has 2 rings (SSSR count). The molecular formula is C9H9NOS. The Kier molecular flexibility index (Phi) is 1.83. The third-order valence-electron chi connectivity index (χ3n) is 1.86. The van der Waals surface area contributed by atoms with Crippen LogP contribution in [0.1, 0.15) is 0 Å². The number of H-pyrrole nitrogens is 1. The van der Waals surface area contributed by atoms with Crippen LogP contribution < -0.4 is 0 Å². The Labute approximate surface area is 73.8 Å². The molecule has 1 atom stereocenters. The number of aromatic amines is 1. The number of nitrogens with one attached hydrogen (secondary N) is 1. The number of aromatic nitrogens is 1. The minimum Gasteiger partial charge on any atom is -0.612 e. The van der Waals surface area contributed by atoms with Crippen LogP contribution in [-0.2, 0) is 11.2 Å². The first kappa shape index (κ1) is 7.71. The maximum atomic E-state index is 11.1. The number of fused-ring (bicyclic) bond motifs is 1. The predicted octanol–water partition coefficient (Wildman–Crippen LogP) is 1.91. The quantitative estimate of drug-likeness (QED) is 0.667. The number of hydrogen-bond donors (Lipinski definition) is 1. The van der Waals surface area contributed by atoms with Crippen molar-refractivity contribution in [2.24, 2.45) is 0 Å². The lowest BCUT2D eigenvalue weighted by Gasteiger charge is -2.02. The molecule has 2 aromatic rings. The summed E-state index contributed by atoms with van der Waals surface area (Å²) in [6.07, 6.45) is 3.57. The molecule has 0 aliphatic carbocycles. The van der Waals surface area contributed by atoms with E-state index in [1.807, 2.05) is 30.5 Å². The zero-order valence-electron chi connectivity index (χ0n) is 6.70. The van der Waals surface area contributed by atoms with Crippen molar-refractivity contribution in [3.63, 3.8) is 0 Å². The van der Waals surface area contributed by atoms with Crippen LogP contribution in [-0.4, -0.2) is 15.8 Å².